The molecular weight excluding hydrogens is 372 g/mol. The van der Waals surface area contributed by atoms with E-state index in [9.17, 15) is 18.0 Å². The monoisotopic (exact) mass is 398 g/mol. The van der Waals surface area contributed by atoms with E-state index in [0.717, 1.165) is 12.8 Å². The lowest BCUT2D eigenvalue weighted by Gasteiger charge is -2.33. The predicted octanol–water partition coefficient (Wildman–Crippen LogP) is 0.466. The van der Waals surface area contributed by atoms with Crippen LogP contribution in [-0.4, -0.2) is 71.0 Å². The fourth-order valence-corrected chi connectivity index (χ4v) is 4.11. The molecule has 0 unspecified atom stereocenters. The number of nitrogens with two attached hydrogens (primary N) is 1. The molecule has 1 aliphatic heterocycles. The molecule has 10 heteroatoms. The van der Waals surface area contributed by atoms with E-state index in [1.54, 1.807) is 19.0 Å². The number of urea groups is 1. The van der Waals surface area contributed by atoms with Crippen molar-refractivity contribution >= 4 is 22.0 Å². The molecule has 0 atom stereocenters. The number of hydrogen-bond acceptors (Lipinski definition) is 5. The number of piperidine rings is 1. The van der Waals surface area contributed by atoms with Crippen LogP contribution in [0.5, 0.6) is 5.75 Å². The Bertz CT molecular complexity index is 802. The van der Waals surface area contributed by atoms with Crippen molar-refractivity contribution in [2.24, 2.45) is 11.7 Å². The Morgan fingerprint density at radius 2 is 1.93 bits per heavy atom. The number of nitrogens with one attached hydrogen (secondary N) is 1. The van der Waals surface area contributed by atoms with Crippen molar-refractivity contribution in [1.29, 1.82) is 0 Å². The molecule has 27 heavy (non-hydrogen) atoms. The highest BCUT2D eigenvalue weighted by molar-refractivity contribution is 7.89. The third-order valence-electron chi connectivity index (χ3n) is 4.58. The van der Waals surface area contributed by atoms with E-state index >= 15 is 0 Å². The first-order chi connectivity index (χ1) is 12.7. The van der Waals surface area contributed by atoms with Gasteiger partial charge >= 0.3 is 6.03 Å². The molecule has 1 heterocycles. The van der Waals surface area contributed by atoms with Gasteiger partial charge in [-0.05, 0) is 37.0 Å². The molecule has 0 radical (unpaired) electrons. The summed E-state index contributed by atoms with van der Waals surface area (Å²) >= 11 is 0. The van der Waals surface area contributed by atoms with E-state index in [-0.39, 0.29) is 34.7 Å². The van der Waals surface area contributed by atoms with E-state index in [1.165, 1.54) is 30.2 Å². The Morgan fingerprint density at radius 1 is 1.30 bits per heavy atom. The van der Waals surface area contributed by atoms with Gasteiger partial charge < -0.3 is 20.3 Å². The number of likely N-dealkylation sites (tertiary alicyclic amines) is 1. The molecule has 0 bridgehead atoms. The summed E-state index contributed by atoms with van der Waals surface area (Å²) in [5, 5.41) is 0. The summed E-state index contributed by atoms with van der Waals surface area (Å²) in [5.41, 5.74) is 5.29. The number of benzene rings is 1. The fourth-order valence-electron chi connectivity index (χ4n) is 2.97. The van der Waals surface area contributed by atoms with Crippen LogP contribution in [0.1, 0.15) is 23.2 Å². The van der Waals surface area contributed by atoms with E-state index < -0.39 is 15.9 Å². The number of nitrogens with zero attached hydrogens (tertiary/aromatic N) is 2. The molecule has 150 valence electrons. The number of methoxy groups -OCH3 is 1. The molecule has 1 aromatic rings. The van der Waals surface area contributed by atoms with Gasteiger partial charge in [0.05, 0.1) is 17.6 Å². The lowest BCUT2D eigenvalue weighted by molar-refractivity contribution is 0.0997. The van der Waals surface area contributed by atoms with Gasteiger partial charge in [-0.15, -0.1) is 0 Å². The van der Waals surface area contributed by atoms with Crippen LogP contribution in [0.2, 0.25) is 0 Å². The van der Waals surface area contributed by atoms with Crippen molar-refractivity contribution in [3.05, 3.63) is 23.8 Å². The number of hydrogen-bond donors (Lipinski definition) is 2. The van der Waals surface area contributed by atoms with E-state index in [0.29, 0.717) is 13.1 Å². The minimum Gasteiger partial charge on any atom is -0.496 e. The van der Waals surface area contributed by atoms with Crippen molar-refractivity contribution in [3.8, 4) is 5.75 Å². The van der Waals surface area contributed by atoms with Gasteiger partial charge in [-0.25, -0.2) is 17.9 Å². The lowest BCUT2D eigenvalue weighted by Crippen LogP contribution is -2.45. The average molecular weight is 398 g/mol. The first-order valence-electron chi connectivity index (χ1n) is 8.59. The maximum atomic E-state index is 12.5. The molecule has 0 aromatic heterocycles. The maximum Gasteiger partial charge on any atom is 0.319 e. The van der Waals surface area contributed by atoms with Gasteiger partial charge in [0.15, 0.2) is 0 Å². The van der Waals surface area contributed by atoms with Gasteiger partial charge in [0.25, 0.3) is 5.91 Å². The summed E-state index contributed by atoms with van der Waals surface area (Å²) in [5.74, 6) is -0.402. The third kappa shape index (κ3) is 5.10. The first kappa shape index (κ1) is 21.0. The molecule has 1 fully saturated rings. The van der Waals surface area contributed by atoms with Crippen LogP contribution in [0.15, 0.2) is 23.1 Å². The zero-order valence-electron chi connectivity index (χ0n) is 15.8. The molecular formula is C17H26N4O5S. The van der Waals surface area contributed by atoms with Crippen molar-refractivity contribution in [2.45, 2.75) is 17.7 Å². The fraction of sp³-hybridized carbons (Fsp3) is 0.529. The van der Waals surface area contributed by atoms with Crippen LogP contribution >= 0.6 is 0 Å². The van der Waals surface area contributed by atoms with Gasteiger partial charge in [-0.2, -0.15) is 0 Å². The Hall–Kier alpha value is -2.33. The van der Waals surface area contributed by atoms with Crippen LogP contribution < -0.4 is 15.2 Å². The first-order valence-corrected chi connectivity index (χ1v) is 10.1. The van der Waals surface area contributed by atoms with E-state index in [4.69, 9.17) is 10.5 Å². The topological polar surface area (TPSA) is 122 Å². The number of primary amides is 1. The van der Waals surface area contributed by atoms with Crippen LogP contribution in [-0.2, 0) is 10.0 Å². The Balaban J connectivity index is 1.99. The number of rotatable bonds is 6. The maximum absolute atomic E-state index is 12.5. The van der Waals surface area contributed by atoms with Crippen molar-refractivity contribution in [1.82, 2.24) is 14.5 Å². The van der Waals surface area contributed by atoms with Crippen LogP contribution in [0, 0.1) is 5.92 Å². The van der Waals surface area contributed by atoms with E-state index in [1.807, 2.05) is 0 Å². The number of carbonyl (C=O) groups excluding carboxylic acids is 2. The molecule has 2 rings (SSSR count). The molecule has 1 aliphatic rings. The predicted molar refractivity (Wildman–Crippen MR) is 100 cm³/mol. The second-order valence-electron chi connectivity index (χ2n) is 6.69. The second kappa shape index (κ2) is 8.57. The number of ether oxygens (including phenoxy) is 1. The Kier molecular flexibility index (Phi) is 6.66. The number of amides is 3. The van der Waals surface area contributed by atoms with Crippen LogP contribution in [0.4, 0.5) is 4.79 Å². The highest BCUT2D eigenvalue weighted by atomic mass is 32.2. The Labute approximate surface area is 159 Å². The van der Waals surface area contributed by atoms with E-state index in [2.05, 4.69) is 4.72 Å². The molecule has 3 amide bonds. The van der Waals surface area contributed by atoms with Crippen LogP contribution in [0.25, 0.3) is 0 Å². The summed E-state index contributed by atoms with van der Waals surface area (Å²) in [4.78, 5) is 26.7. The second-order valence-corrected chi connectivity index (χ2v) is 8.45. The SMILES string of the molecule is COc1ccc(S(=O)(=O)NCC2CCN(C(=O)N(C)C)CC2)cc1C(N)=O. The minimum atomic E-state index is -3.79. The lowest BCUT2D eigenvalue weighted by atomic mass is 9.97. The van der Waals surface area contributed by atoms with Gasteiger partial charge in [-0.1, -0.05) is 0 Å². The highest BCUT2D eigenvalue weighted by Gasteiger charge is 2.25. The number of sulfonamides is 1. The summed E-state index contributed by atoms with van der Waals surface area (Å²) < 4.78 is 32.7. The smallest absolute Gasteiger partial charge is 0.319 e. The molecule has 0 aliphatic carbocycles. The molecule has 9 nitrogen and oxygen atoms in total. The average Bonchev–Trinajstić information content (AvgIpc) is 2.65. The van der Waals surface area contributed by atoms with Crippen molar-refractivity contribution < 1.29 is 22.7 Å². The molecule has 0 saturated carbocycles. The summed E-state index contributed by atoms with van der Waals surface area (Å²) in [6.45, 7) is 1.46. The largest absolute Gasteiger partial charge is 0.496 e. The standard InChI is InChI=1S/C17H26N4O5S/c1-20(2)17(23)21-8-6-12(7-9-21)11-19-27(24,25)13-4-5-15(26-3)14(10-13)16(18)22/h4-5,10,12,19H,6-9,11H2,1-3H3,(H2,18,22). The summed E-state index contributed by atoms with van der Waals surface area (Å²) in [7, 11) is 1.00. The van der Waals surface area contributed by atoms with Crippen molar-refractivity contribution in [2.75, 3.05) is 40.8 Å². The van der Waals surface area contributed by atoms with Crippen LogP contribution in [0.3, 0.4) is 0 Å². The van der Waals surface area contributed by atoms with Gasteiger partial charge in [0, 0.05) is 33.7 Å². The van der Waals surface area contributed by atoms with Gasteiger partial charge in [-0.3, -0.25) is 4.79 Å². The quantitative estimate of drug-likeness (QED) is 0.721. The highest BCUT2D eigenvalue weighted by Crippen LogP contribution is 2.23. The summed E-state index contributed by atoms with van der Waals surface area (Å²) in [6.07, 6.45) is 1.44. The normalized spacial score (nSPS) is 15.4. The van der Waals surface area contributed by atoms with Crippen molar-refractivity contribution in [3.63, 3.8) is 0 Å². The Morgan fingerprint density at radius 3 is 2.44 bits per heavy atom. The van der Waals surface area contributed by atoms with Gasteiger partial charge in [0.1, 0.15) is 5.75 Å². The zero-order chi connectivity index (χ0) is 20.2. The number of carbonyl (C=O) groups is 2. The molecule has 0 spiro atoms. The molecule has 1 aromatic carbocycles. The minimum absolute atomic E-state index is 0.0101. The molecule has 1 saturated heterocycles. The zero-order valence-corrected chi connectivity index (χ0v) is 16.6. The van der Waals surface area contributed by atoms with Gasteiger partial charge in [0.2, 0.25) is 10.0 Å². The third-order valence-corrected chi connectivity index (χ3v) is 6.00. The summed E-state index contributed by atoms with van der Waals surface area (Å²) in [6, 6.07) is 3.94. The molecule has 3 N–H and O–H groups in total.